The molecule has 3 rings (SSSR count). The second kappa shape index (κ2) is 6.22. The molecule has 0 unspecified atom stereocenters. The fourth-order valence-corrected chi connectivity index (χ4v) is 3.03. The maximum atomic E-state index is 12.1. The van der Waals surface area contributed by atoms with Crippen molar-refractivity contribution in [2.45, 2.75) is 12.5 Å². The Hall–Kier alpha value is -1.95. The number of nitrogens with zero attached hydrogens (tertiary/aromatic N) is 3. The second-order valence-corrected chi connectivity index (χ2v) is 5.84. The van der Waals surface area contributed by atoms with Gasteiger partial charge in [-0.15, -0.1) is 0 Å². The standard InChI is InChI=1S/C15H15BrN4O/c16-13-3-1-2-4-14(13)20-8-6-12(10-20)19-15(21)11-5-7-17-18-9-11/h1-5,7,9,12H,6,8,10H2,(H,19,21)/t12-/m0/s1. The molecule has 1 aliphatic heterocycles. The molecule has 0 radical (unpaired) electrons. The summed E-state index contributed by atoms with van der Waals surface area (Å²) in [5, 5.41) is 10.5. The molecule has 1 fully saturated rings. The fourth-order valence-electron chi connectivity index (χ4n) is 2.50. The van der Waals surface area contributed by atoms with E-state index in [0.717, 1.165) is 24.0 Å². The number of hydrogen-bond acceptors (Lipinski definition) is 4. The predicted molar refractivity (Wildman–Crippen MR) is 84.3 cm³/mol. The average Bonchev–Trinajstić information content (AvgIpc) is 2.97. The Morgan fingerprint density at radius 1 is 1.29 bits per heavy atom. The van der Waals surface area contributed by atoms with Crippen LogP contribution in [0.25, 0.3) is 0 Å². The van der Waals surface area contributed by atoms with Gasteiger partial charge < -0.3 is 10.2 Å². The lowest BCUT2D eigenvalue weighted by molar-refractivity contribution is 0.0940. The molecule has 2 aromatic rings. The Bertz CT molecular complexity index is 635. The van der Waals surface area contributed by atoms with Crippen molar-refractivity contribution >= 4 is 27.5 Å². The van der Waals surface area contributed by atoms with E-state index < -0.39 is 0 Å². The molecular weight excluding hydrogens is 332 g/mol. The van der Waals surface area contributed by atoms with Gasteiger partial charge in [0, 0.05) is 23.6 Å². The summed E-state index contributed by atoms with van der Waals surface area (Å²) in [7, 11) is 0. The van der Waals surface area contributed by atoms with Crippen molar-refractivity contribution in [3.05, 3.63) is 52.8 Å². The largest absolute Gasteiger partial charge is 0.368 e. The molecule has 1 N–H and O–H groups in total. The quantitative estimate of drug-likeness (QED) is 0.925. The van der Waals surface area contributed by atoms with E-state index >= 15 is 0 Å². The number of carbonyl (C=O) groups is 1. The van der Waals surface area contributed by atoms with E-state index in [4.69, 9.17) is 0 Å². The van der Waals surface area contributed by atoms with E-state index in [1.54, 1.807) is 6.07 Å². The van der Waals surface area contributed by atoms with E-state index in [0.29, 0.717) is 5.56 Å². The Labute approximate surface area is 131 Å². The van der Waals surface area contributed by atoms with Crippen molar-refractivity contribution in [3.63, 3.8) is 0 Å². The van der Waals surface area contributed by atoms with Gasteiger partial charge in [0.1, 0.15) is 0 Å². The zero-order valence-electron chi connectivity index (χ0n) is 11.4. The molecule has 0 aliphatic carbocycles. The molecule has 1 aromatic heterocycles. The van der Waals surface area contributed by atoms with Gasteiger partial charge in [0.2, 0.25) is 0 Å². The maximum absolute atomic E-state index is 12.1. The van der Waals surface area contributed by atoms with Gasteiger partial charge in [0.15, 0.2) is 0 Å². The van der Waals surface area contributed by atoms with Crippen LogP contribution in [0.4, 0.5) is 5.69 Å². The third-order valence-electron chi connectivity index (χ3n) is 3.56. The summed E-state index contributed by atoms with van der Waals surface area (Å²) in [6, 6.07) is 9.96. The van der Waals surface area contributed by atoms with Crippen LogP contribution in [0.15, 0.2) is 47.2 Å². The lowest BCUT2D eigenvalue weighted by Gasteiger charge is -2.20. The van der Waals surface area contributed by atoms with Crippen LogP contribution < -0.4 is 10.2 Å². The van der Waals surface area contributed by atoms with Crippen LogP contribution in [0.5, 0.6) is 0 Å². The Morgan fingerprint density at radius 3 is 2.90 bits per heavy atom. The summed E-state index contributed by atoms with van der Waals surface area (Å²) < 4.78 is 1.08. The number of para-hydroxylation sites is 1. The molecule has 1 aliphatic rings. The summed E-state index contributed by atoms with van der Waals surface area (Å²) in [6.07, 6.45) is 3.94. The highest BCUT2D eigenvalue weighted by atomic mass is 79.9. The van der Waals surface area contributed by atoms with Crippen LogP contribution in [-0.4, -0.2) is 35.2 Å². The van der Waals surface area contributed by atoms with Crippen LogP contribution in [0.1, 0.15) is 16.8 Å². The van der Waals surface area contributed by atoms with E-state index in [-0.39, 0.29) is 11.9 Å². The van der Waals surface area contributed by atoms with Crippen molar-refractivity contribution in [1.82, 2.24) is 15.5 Å². The molecule has 1 atom stereocenters. The van der Waals surface area contributed by atoms with Crippen LogP contribution in [-0.2, 0) is 0 Å². The normalized spacial score (nSPS) is 17.8. The maximum Gasteiger partial charge on any atom is 0.253 e. The first-order chi connectivity index (χ1) is 10.2. The van der Waals surface area contributed by atoms with Crippen LogP contribution in [0.3, 0.4) is 0 Å². The molecule has 0 saturated carbocycles. The van der Waals surface area contributed by atoms with E-state index in [1.807, 2.05) is 18.2 Å². The lowest BCUT2D eigenvalue weighted by atomic mass is 10.2. The summed E-state index contributed by atoms with van der Waals surface area (Å²) in [5.74, 6) is -0.0936. The van der Waals surface area contributed by atoms with E-state index in [9.17, 15) is 4.79 Å². The Kier molecular flexibility index (Phi) is 4.15. The number of anilines is 1. The van der Waals surface area contributed by atoms with Gasteiger partial charge in [0.25, 0.3) is 5.91 Å². The van der Waals surface area contributed by atoms with Crippen molar-refractivity contribution in [2.24, 2.45) is 0 Å². The fraction of sp³-hybridized carbons (Fsp3) is 0.267. The Balaban J connectivity index is 1.63. The zero-order chi connectivity index (χ0) is 14.7. The number of rotatable bonds is 3. The summed E-state index contributed by atoms with van der Waals surface area (Å²) >= 11 is 3.57. The predicted octanol–water partition coefficient (Wildman–Crippen LogP) is 2.25. The number of carbonyl (C=O) groups excluding carboxylic acids is 1. The summed E-state index contributed by atoms with van der Waals surface area (Å²) in [5.41, 5.74) is 1.71. The van der Waals surface area contributed by atoms with E-state index in [2.05, 4.69) is 42.4 Å². The highest BCUT2D eigenvalue weighted by Gasteiger charge is 2.25. The number of halogens is 1. The van der Waals surface area contributed by atoms with E-state index in [1.165, 1.54) is 18.1 Å². The highest BCUT2D eigenvalue weighted by molar-refractivity contribution is 9.10. The lowest BCUT2D eigenvalue weighted by Crippen LogP contribution is -2.37. The number of nitrogens with one attached hydrogen (secondary N) is 1. The minimum absolute atomic E-state index is 0.0936. The van der Waals surface area contributed by atoms with Crippen LogP contribution >= 0.6 is 15.9 Å². The monoisotopic (exact) mass is 346 g/mol. The van der Waals surface area contributed by atoms with Crippen molar-refractivity contribution < 1.29 is 4.79 Å². The molecule has 108 valence electrons. The third-order valence-corrected chi connectivity index (χ3v) is 4.23. The van der Waals surface area contributed by atoms with Gasteiger partial charge in [-0.05, 0) is 40.5 Å². The first kappa shape index (κ1) is 14.0. The zero-order valence-corrected chi connectivity index (χ0v) is 13.0. The third kappa shape index (κ3) is 3.21. The van der Waals surface area contributed by atoms with Gasteiger partial charge in [-0.25, -0.2) is 0 Å². The molecule has 1 aromatic carbocycles. The first-order valence-electron chi connectivity index (χ1n) is 6.81. The van der Waals surface area contributed by atoms with Gasteiger partial charge in [-0.3, -0.25) is 4.79 Å². The number of hydrogen-bond donors (Lipinski definition) is 1. The molecule has 6 heteroatoms. The summed E-state index contributed by atoms with van der Waals surface area (Å²) in [6.45, 7) is 1.75. The van der Waals surface area contributed by atoms with Crippen LogP contribution in [0.2, 0.25) is 0 Å². The number of aromatic nitrogens is 2. The molecule has 2 heterocycles. The van der Waals surface area contributed by atoms with Crippen molar-refractivity contribution in [2.75, 3.05) is 18.0 Å². The van der Waals surface area contributed by atoms with Gasteiger partial charge in [0.05, 0.1) is 23.6 Å². The first-order valence-corrected chi connectivity index (χ1v) is 7.60. The average molecular weight is 347 g/mol. The molecule has 21 heavy (non-hydrogen) atoms. The van der Waals surface area contributed by atoms with Gasteiger partial charge in [-0.2, -0.15) is 10.2 Å². The highest BCUT2D eigenvalue weighted by Crippen LogP contribution is 2.28. The van der Waals surface area contributed by atoms with Crippen molar-refractivity contribution in [1.29, 1.82) is 0 Å². The number of amides is 1. The van der Waals surface area contributed by atoms with Crippen molar-refractivity contribution in [3.8, 4) is 0 Å². The van der Waals surface area contributed by atoms with Gasteiger partial charge in [-0.1, -0.05) is 12.1 Å². The number of benzene rings is 1. The smallest absolute Gasteiger partial charge is 0.253 e. The minimum Gasteiger partial charge on any atom is -0.368 e. The molecule has 0 spiro atoms. The van der Waals surface area contributed by atoms with Crippen LogP contribution in [0, 0.1) is 0 Å². The molecule has 5 nitrogen and oxygen atoms in total. The molecule has 1 amide bonds. The van der Waals surface area contributed by atoms with Gasteiger partial charge >= 0.3 is 0 Å². The second-order valence-electron chi connectivity index (χ2n) is 4.99. The molecular formula is C15H15BrN4O. The molecule has 1 saturated heterocycles. The Morgan fingerprint density at radius 2 is 2.14 bits per heavy atom. The minimum atomic E-state index is -0.0936. The summed E-state index contributed by atoms with van der Waals surface area (Å²) in [4.78, 5) is 14.4. The topological polar surface area (TPSA) is 58.1 Å². The molecule has 0 bridgehead atoms. The SMILES string of the molecule is O=C(N[C@H]1CCN(c2ccccc2Br)C1)c1ccnnc1.